The lowest BCUT2D eigenvalue weighted by atomic mass is 9.93. The zero-order valence-corrected chi connectivity index (χ0v) is 12.6. The van der Waals surface area contributed by atoms with E-state index in [4.69, 9.17) is 0 Å². The van der Waals surface area contributed by atoms with E-state index in [9.17, 15) is 4.39 Å². The first-order valence-corrected chi connectivity index (χ1v) is 7.19. The third-order valence-corrected chi connectivity index (χ3v) is 3.79. The Bertz CT molecular complexity index is 570. The Hall–Kier alpha value is -1.42. The van der Waals surface area contributed by atoms with Crippen molar-refractivity contribution < 1.29 is 4.39 Å². The van der Waals surface area contributed by atoms with Gasteiger partial charge in [0.15, 0.2) is 0 Å². The predicted molar refractivity (Wildman–Crippen MR) is 79.3 cm³/mol. The van der Waals surface area contributed by atoms with Gasteiger partial charge in [-0.05, 0) is 30.7 Å². The van der Waals surface area contributed by atoms with Crippen LogP contribution in [0.4, 0.5) is 10.1 Å². The number of aromatic nitrogens is 1. The topological polar surface area (TPSA) is 24.9 Å². The second kappa shape index (κ2) is 5.29. The molecule has 0 fully saturated rings. The predicted octanol–water partition coefficient (Wildman–Crippen LogP) is 4.50. The lowest BCUT2D eigenvalue weighted by molar-refractivity contribution is 0.571. The fourth-order valence-electron chi connectivity index (χ4n) is 1.73. The third-order valence-electron chi connectivity index (χ3n) is 2.94. The number of nitrogens with zero attached hydrogens (tertiary/aromatic N) is 1. The van der Waals surface area contributed by atoms with Gasteiger partial charge in [0.2, 0.25) is 0 Å². The first-order valence-electron chi connectivity index (χ1n) is 6.31. The van der Waals surface area contributed by atoms with E-state index in [2.05, 4.69) is 36.5 Å². The highest BCUT2D eigenvalue weighted by atomic mass is 32.1. The average Bonchev–Trinajstić information content (AvgIpc) is 2.76. The molecule has 19 heavy (non-hydrogen) atoms. The van der Waals surface area contributed by atoms with Gasteiger partial charge in [-0.1, -0.05) is 20.8 Å². The summed E-state index contributed by atoms with van der Waals surface area (Å²) >= 11 is 1.66. The van der Waals surface area contributed by atoms with Gasteiger partial charge >= 0.3 is 0 Å². The van der Waals surface area contributed by atoms with Crippen LogP contribution in [0.1, 0.15) is 37.0 Å². The van der Waals surface area contributed by atoms with Crippen molar-refractivity contribution in [3.8, 4) is 0 Å². The van der Waals surface area contributed by atoms with Crippen LogP contribution in [-0.2, 0) is 12.0 Å². The highest BCUT2D eigenvalue weighted by Crippen LogP contribution is 2.24. The third kappa shape index (κ3) is 3.53. The lowest BCUT2D eigenvalue weighted by Gasteiger charge is -2.14. The summed E-state index contributed by atoms with van der Waals surface area (Å²) in [6, 6.07) is 4.77. The van der Waals surface area contributed by atoms with Crippen LogP contribution in [-0.4, -0.2) is 4.98 Å². The molecule has 0 atom stereocenters. The molecule has 1 aromatic heterocycles. The Kier molecular flexibility index (Phi) is 3.90. The van der Waals surface area contributed by atoms with Gasteiger partial charge in [-0.15, -0.1) is 11.3 Å². The van der Waals surface area contributed by atoms with Gasteiger partial charge in [0.1, 0.15) is 10.8 Å². The van der Waals surface area contributed by atoms with Crippen molar-refractivity contribution in [1.82, 2.24) is 4.98 Å². The molecule has 2 aromatic rings. The Labute approximate surface area is 117 Å². The first-order chi connectivity index (χ1) is 8.86. The van der Waals surface area contributed by atoms with Crippen LogP contribution in [0.5, 0.6) is 0 Å². The summed E-state index contributed by atoms with van der Waals surface area (Å²) in [5.74, 6) is -0.202. The van der Waals surface area contributed by atoms with E-state index >= 15 is 0 Å². The van der Waals surface area contributed by atoms with E-state index < -0.39 is 0 Å². The van der Waals surface area contributed by atoms with Crippen molar-refractivity contribution >= 4 is 17.0 Å². The molecule has 0 radical (unpaired) electrons. The molecule has 1 aromatic carbocycles. The molecule has 0 aliphatic heterocycles. The second-order valence-corrected chi connectivity index (χ2v) is 6.63. The number of anilines is 1. The normalized spacial score (nSPS) is 11.6. The van der Waals surface area contributed by atoms with Crippen molar-refractivity contribution in [3.05, 3.63) is 45.7 Å². The van der Waals surface area contributed by atoms with E-state index in [1.165, 1.54) is 12.1 Å². The number of benzene rings is 1. The number of hydrogen-bond donors (Lipinski definition) is 1. The van der Waals surface area contributed by atoms with Crippen LogP contribution in [0.2, 0.25) is 0 Å². The van der Waals surface area contributed by atoms with Gasteiger partial charge in [0, 0.05) is 16.5 Å². The van der Waals surface area contributed by atoms with Gasteiger partial charge in [0.25, 0.3) is 0 Å². The minimum atomic E-state index is -0.202. The highest BCUT2D eigenvalue weighted by molar-refractivity contribution is 7.09. The molecule has 4 heteroatoms. The minimum Gasteiger partial charge on any atom is -0.378 e. The van der Waals surface area contributed by atoms with Crippen molar-refractivity contribution in [3.63, 3.8) is 0 Å². The minimum absolute atomic E-state index is 0.0839. The molecule has 1 N–H and O–H groups in total. The Morgan fingerprint density at radius 2 is 2.05 bits per heavy atom. The summed E-state index contributed by atoms with van der Waals surface area (Å²) in [5, 5.41) is 6.46. The zero-order chi connectivity index (χ0) is 14.0. The molecule has 1 heterocycles. The highest BCUT2D eigenvalue weighted by Gasteiger charge is 2.17. The van der Waals surface area contributed by atoms with E-state index in [0.717, 1.165) is 22.0 Å². The average molecular weight is 278 g/mol. The number of hydrogen-bond acceptors (Lipinski definition) is 3. The summed E-state index contributed by atoms with van der Waals surface area (Å²) in [6.07, 6.45) is 0. The van der Waals surface area contributed by atoms with Crippen LogP contribution in [0, 0.1) is 12.7 Å². The number of thiazole rings is 1. The second-order valence-electron chi connectivity index (χ2n) is 5.69. The van der Waals surface area contributed by atoms with Gasteiger partial charge in [0.05, 0.1) is 12.2 Å². The summed E-state index contributed by atoms with van der Waals surface area (Å²) in [4.78, 5) is 4.63. The molecule has 0 aliphatic rings. The van der Waals surface area contributed by atoms with Gasteiger partial charge in [-0.2, -0.15) is 0 Å². The SMILES string of the molecule is Cc1cc(F)ccc1NCc1nc(C(C)(C)C)cs1. The van der Waals surface area contributed by atoms with Crippen LogP contribution in [0.3, 0.4) is 0 Å². The van der Waals surface area contributed by atoms with Crippen LogP contribution in [0.15, 0.2) is 23.6 Å². The molecule has 2 rings (SSSR count). The Balaban J connectivity index is 2.04. The smallest absolute Gasteiger partial charge is 0.123 e. The molecular weight excluding hydrogens is 259 g/mol. The fraction of sp³-hybridized carbons (Fsp3) is 0.400. The quantitative estimate of drug-likeness (QED) is 0.894. The maximum atomic E-state index is 13.0. The molecule has 102 valence electrons. The van der Waals surface area contributed by atoms with Crippen molar-refractivity contribution in [2.75, 3.05) is 5.32 Å². The molecule has 0 bridgehead atoms. The number of aryl methyl sites for hydroxylation is 1. The van der Waals surface area contributed by atoms with Gasteiger partial charge in [-0.3, -0.25) is 0 Å². The summed E-state index contributed by atoms with van der Waals surface area (Å²) in [7, 11) is 0. The summed E-state index contributed by atoms with van der Waals surface area (Å²) in [5.41, 5.74) is 3.06. The fourth-order valence-corrected chi connectivity index (χ4v) is 2.69. The van der Waals surface area contributed by atoms with E-state index in [1.54, 1.807) is 17.4 Å². The maximum absolute atomic E-state index is 13.0. The maximum Gasteiger partial charge on any atom is 0.123 e. The van der Waals surface area contributed by atoms with Crippen LogP contribution < -0.4 is 5.32 Å². The van der Waals surface area contributed by atoms with E-state index in [0.29, 0.717) is 6.54 Å². The molecule has 0 saturated heterocycles. The Morgan fingerprint density at radius 3 is 2.63 bits per heavy atom. The molecule has 2 nitrogen and oxygen atoms in total. The molecule has 0 saturated carbocycles. The van der Waals surface area contributed by atoms with Crippen LogP contribution in [0.25, 0.3) is 0 Å². The van der Waals surface area contributed by atoms with Gasteiger partial charge in [-0.25, -0.2) is 9.37 Å². The summed E-state index contributed by atoms with van der Waals surface area (Å²) in [6.45, 7) is 9.04. The molecule has 0 unspecified atom stereocenters. The standard InChI is InChI=1S/C15H19FN2S/c1-10-7-11(16)5-6-12(10)17-8-14-18-13(9-19-14)15(2,3)4/h5-7,9,17H,8H2,1-4H3. The lowest BCUT2D eigenvalue weighted by Crippen LogP contribution is -2.12. The molecular formula is C15H19FN2S. The largest absolute Gasteiger partial charge is 0.378 e. The van der Waals surface area contributed by atoms with E-state index in [1.807, 2.05) is 6.92 Å². The van der Waals surface area contributed by atoms with Crippen molar-refractivity contribution in [2.24, 2.45) is 0 Å². The first kappa shape index (κ1) is 14.0. The monoisotopic (exact) mass is 278 g/mol. The molecule has 0 spiro atoms. The number of halogens is 1. The van der Waals surface area contributed by atoms with Crippen molar-refractivity contribution in [2.45, 2.75) is 39.7 Å². The number of nitrogens with one attached hydrogen (secondary N) is 1. The number of rotatable bonds is 3. The van der Waals surface area contributed by atoms with Gasteiger partial charge < -0.3 is 5.32 Å². The van der Waals surface area contributed by atoms with E-state index in [-0.39, 0.29) is 11.2 Å². The zero-order valence-electron chi connectivity index (χ0n) is 11.7. The molecule has 0 aliphatic carbocycles. The van der Waals surface area contributed by atoms with Crippen LogP contribution >= 0.6 is 11.3 Å². The summed E-state index contributed by atoms with van der Waals surface area (Å²) < 4.78 is 13.0. The Morgan fingerprint density at radius 1 is 1.32 bits per heavy atom. The molecule has 0 amide bonds. The van der Waals surface area contributed by atoms with Crippen molar-refractivity contribution in [1.29, 1.82) is 0 Å².